The number of piperidine rings is 1. The summed E-state index contributed by atoms with van der Waals surface area (Å²) < 4.78 is 0.620. The summed E-state index contributed by atoms with van der Waals surface area (Å²) >= 11 is 7.74. The third-order valence-electron chi connectivity index (χ3n) is 7.00. The molecule has 1 amide bonds. The Morgan fingerprint density at radius 2 is 1.30 bits per heavy atom. The summed E-state index contributed by atoms with van der Waals surface area (Å²) in [5.74, 6) is 0.747. The molecule has 2 aliphatic heterocycles. The van der Waals surface area contributed by atoms with Crippen LogP contribution in [0.4, 0.5) is 0 Å². The van der Waals surface area contributed by atoms with Crippen LogP contribution in [-0.2, 0) is 11.2 Å². The van der Waals surface area contributed by atoms with Crippen molar-refractivity contribution < 1.29 is 10.1 Å². The number of aryl methyl sites for hydroxylation is 1. The zero-order valence-electron chi connectivity index (χ0n) is 24.4. The summed E-state index contributed by atoms with van der Waals surface area (Å²) in [6, 6.07) is 12.0. The van der Waals surface area contributed by atoms with Crippen molar-refractivity contribution in [1.29, 1.82) is 0 Å². The lowest BCUT2D eigenvalue weighted by molar-refractivity contribution is -0.638. The highest BCUT2D eigenvalue weighted by Gasteiger charge is 2.41. The molecule has 2 saturated heterocycles. The van der Waals surface area contributed by atoms with Gasteiger partial charge in [-0.15, -0.1) is 49.9 Å². The van der Waals surface area contributed by atoms with Crippen molar-refractivity contribution in [3.63, 3.8) is 0 Å². The number of amides is 1. The van der Waals surface area contributed by atoms with Crippen LogP contribution in [0.3, 0.4) is 0 Å². The number of quaternary nitrogens is 1. The molecule has 3 fully saturated rings. The van der Waals surface area contributed by atoms with E-state index in [4.69, 9.17) is 11.6 Å². The van der Waals surface area contributed by atoms with Gasteiger partial charge in [-0.1, -0.05) is 99.9 Å². The van der Waals surface area contributed by atoms with Crippen LogP contribution in [0, 0.1) is 44.5 Å². The molecular weight excluding hydrogens is 534 g/mol. The van der Waals surface area contributed by atoms with Crippen molar-refractivity contribution in [1.82, 2.24) is 9.88 Å². The summed E-state index contributed by atoms with van der Waals surface area (Å²) in [5, 5.41) is 2.28. The summed E-state index contributed by atoms with van der Waals surface area (Å²) in [5.41, 5.74) is 1.12. The fourth-order valence-corrected chi connectivity index (χ4v) is 6.55. The number of rotatable bonds is 4. The van der Waals surface area contributed by atoms with E-state index < -0.39 is 0 Å². The molecule has 1 unspecified atom stereocenters. The quantitative estimate of drug-likeness (QED) is 0.402. The first-order valence-electron chi connectivity index (χ1n) is 14.5. The molecule has 6 heteroatoms. The molecule has 3 heterocycles. The van der Waals surface area contributed by atoms with E-state index in [0.29, 0.717) is 16.3 Å². The number of aromatic nitrogens is 1. The van der Waals surface area contributed by atoms with Crippen molar-refractivity contribution in [2.24, 2.45) is 5.92 Å². The van der Waals surface area contributed by atoms with E-state index in [1.54, 1.807) is 11.3 Å². The average Bonchev–Trinajstić information content (AvgIpc) is 3.69. The molecule has 1 aliphatic carbocycles. The first kappa shape index (κ1) is 37.2. The number of carbonyl (C=O) groups is 1. The van der Waals surface area contributed by atoms with Crippen LogP contribution in [0.1, 0.15) is 87.6 Å². The van der Waals surface area contributed by atoms with Crippen LogP contribution in [-0.4, -0.2) is 42.0 Å². The fraction of sp³-hybridized carbons (Fsp3) is 0.529. The third-order valence-corrected chi connectivity index (χ3v) is 8.34. The van der Waals surface area contributed by atoms with E-state index >= 15 is 0 Å². The number of benzene rings is 1. The van der Waals surface area contributed by atoms with Gasteiger partial charge in [0.2, 0.25) is 5.91 Å². The number of carbonyl (C=O) groups excluding carboxylic acids is 1. The standard InChI is InChI=1S/C16H24ClN3OS.C6H12.C6H6.3C2H2/c1-2-6-13-14(22-16(17)19-13)11-9-18-10-12(11)15(21)20-7-4-3-5-8-20;2*1-2-4-6-5-3-1;3*1-2/h11-12,18H,2-10H2,1H3;1-6H2;1-6H;3*1-2H/p+1/t11-,12?;;;;;/m1...../s1. The van der Waals surface area contributed by atoms with Gasteiger partial charge < -0.3 is 10.2 Å². The highest BCUT2D eigenvalue weighted by atomic mass is 35.5. The molecule has 2 N–H and O–H groups in total. The van der Waals surface area contributed by atoms with Gasteiger partial charge in [0.25, 0.3) is 0 Å². The monoisotopic (exact) mass is 582 g/mol. The zero-order chi connectivity index (χ0) is 30.0. The Labute approximate surface area is 253 Å². The van der Waals surface area contributed by atoms with Gasteiger partial charge in [0.05, 0.1) is 24.7 Å². The Morgan fingerprint density at radius 1 is 0.850 bits per heavy atom. The molecule has 218 valence electrons. The van der Waals surface area contributed by atoms with Crippen molar-refractivity contribution in [3.8, 4) is 38.5 Å². The molecule has 5 rings (SSSR count). The Bertz CT molecular complexity index is 891. The molecular formula is C34H49ClN3OS+. The van der Waals surface area contributed by atoms with Crippen molar-refractivity contribution in [3.05, 3.63) is 51.4 Å². The summed E-state index contributed by atoms with van der Waals surface area (Å²) in [4.78, 5) is 20.8. The Balaban J connectivity index is 0.000000688. The lowest BCUT2D eigenvalue weighted by Gasteiger charge is -2.29. The van der Waals surface area contributed by atoms with E-state index in [0.717, 1.165) is 57.6 Å². The summed E-state index contributed by atoms with van der Waals surface area (Å²) in [7, 11) is 0. The number of nitrogens with zero attached hydrogens (tertiary/aromatic N) is 2. The second-order valence-corrected chi connectivity index (χ2v) is 11.3. The van der Waals surface area contributed by atoms with E-state index in [2.05, 4.69) is 60.7 Å². The predicted molar refractivity (Wildman–Crippen MR) is 173 cm³/mol. The highest BCUT2D eigenvalue weighted by molar-refractivity contribution is 7.15. The van der Waals surface area contributed by atoms with Gasteiger partial charge in [-0.25, -0.2) is 4.98 Å². The van der Waals surface area contributed by atoms with Crippen molar-refractivity contribution in [2.45, 2.75) is 83.5 Å². The fourth-order valence-electron chi connectivity index (χ4n) is 5.18. The largest absolute Gasteiger partial charge is 0.345 e. The molecule has 1 aromatic carbocycles. The molecule has 40 heavy (non-hydrogen) atoms. The normalized spacial score (nSPS) is 19.1. The number of thiazole rings is 1. The minimum Gasteiger partial charge on any atom is -0.345 e. The minimum atomic E-state index is 0.102. The van der Waals surface area contributed by atoms with E-state index in [-0.39, 0.29) is 5.92 Å². The third kappa shape index (κ3) is 14.1. The number of hydrogen-bond acceptors (Lipinski definition) is 3. The Hall–Kier alpha value is -2.75. The van der Waals surface area contributed by atoms with Gasteiger partial charge in [0, 0.05) is 18.0 Å². The van der Waals surface area contributed by atoms with Crippen LogP contribution in [0.25, 0.3) is 0 Å². The smallest absolute Gasteiger partial charge is 0.232 e. The molecule has 2 atom stereocenters. The lowest BCUT2D eigenvalue weighted by atomic mass is 9.91. The number of terminal acetylenes is 3. The lowest BCUT2D eigenvalue weighted by Crippen LogP contribution is -2.81. The number of halogens is 1. The average molecular weight is 583 g/mol. The molecule has 1 aromatic heterocycles. The van der Waals surface area contributed by atoms with Gasteiger partial charge in [-0.05, 0) is 25.7 Å². The Morgan fingerprint density at radius 3 is 1.75 bits per heavy atom. The Kier molecular flexibility index (Phi) is 23.5. The second kappa shape index (κ2) is 25.2. The summed E-state index contributed by atoms with van der Waals surface area (Å²) in [6.45, 7) is 5.93. The number of likely N-dealkylation sites (tertiary alicyclic amines) is 1. The number of nitrogens with two attached hydrogens (primary N) is 1. The van der Waals surface area contributed by atoms with Crippen LogP contribution in [0.15, 0.2) is 36.4 Å². The maximum absolute atomic E-state index is 12.9. The first-order valence-corrected chi connectivity index (χ1v) is 15.7. The molecule has 0 spiro atoms. The van der Waals surface area contributed by atoms with Crippen molar-refractivity contribution in [2.75, 3.05) is 26.2 Å². The zero-order valence-corrected chi connectivity index (χ0v) is 25.9. The molecule has 1 saturated carbocycles. The molecule has 0 bridgehead atoms. The summed E-state index contributed by atoms with van der Waals surface area (Å²) in [6.07, 6.45) is 38.6. The maximum atomic E-state index is 12.9. The van der Waals surface area contributed by atoms with E-state index in [9.17, 15) is 4.79 Å². The van der Waals surface area contributed by atoms with Crippen LogP contribution < -0.4 is 5.32 Å². The molecule has 2 aromatic rings. The minimum absolute atomic E-state index is 0.102. The van der Waals surface area contributed by atoms with Crippen molar-refractivity contribution >= 4 is 28.8 Å². The van der Waals surface area contributed by atoms with E-state index in [1.807, 2.05) is 36.4 Å². The number of hydrogen-bond donors (Lipinski definition) is 1. The predicted octanol–water partition coefficient (Wildman–Crippen LogP) is 6.81. The second-order valence-electron chi connectivity index (χ2n) is 9.66. The van der Waals surface area contributed by atoms with Gasteiger partial charge in [-0.3, -0.25) is 4.79 Å². The van der Waals surface area contributed by atoms with Crippen LogP contribution in [0.5, 0.6) is 0 Å². The molecule has 3 aliphatic rings. The van der Waals surface area contributed by atoms with Gasteiger partial charge in [-0.2, -0.15) is 0 Å². The maximum Gasteiger partial charge on any atom is 0.232 e. The molecule has 0 radical (unpaired) electrons. The van der Waals surface area contributed by atoms with Crippen LogP contribution >= 0.6 is 22.9 Å². The van der Waals surface area contributed by atoms with E-state index in [1.165, 1.54) is 49.8 Å². The molecule has 4 nitrogen and oxygen atoms in total. The highest BCUT2D eigenvalue weighted by Crippen LogP contribution is 2.36. The van der Waals surface area contributed by atoms with Gasteiger partial charge >= 0.3 is 0 Å². The van der Waals surface area contributed by atoms with Crippen LogP contribution in [0.2, 0.25) is 4.47 Å². The topological polar surface area (TPSA) is 49.8 Å². The van der Waals surface area contributed by atoms with Gasteiger partial charge in [0.1, 0.15) is 5.92 Å². The SMILES string of the molecule is C#C.C#C.C#C.C1CCCCC1.CCCc1nc(Cl)sc1[C@@H]1C[NH2+]CC1C(=O)N1CCCCC1.c1ccccc1. The van der Waals surface area contributed by atoms with Gasteiger partial charge in [0.15, 0.2) is 4.47 Å². The first-order chi connectivity index (χ1) is 19.7.